The first kappa shape index (κ1) is 16.8. The van der Waals surface area contributed by atoms with Crippen molar-refractivity contribution in [3.05, 3.63) is 35.4 Å². The van der Waals surface area contributed by atoms with E-state index in [0.29, 0.717) is 0 Å². The van der Waals surface area contributed by atoms with Gasteiger partial charge in [0.2, 0.25) is 15.9 Å². The quantitative estimate of drug-likeness (QED) is 0.903. The van der Waals surface area contributed by atoms with E-state index in [-0.39, 0.29) is 31.0 Å². The smallest absolute Gasteiger partial charge is 0.337 e. The van der Waals surface area contributed by atoms with Crippen molar-refractivity contribution in [1.82, 2.24) is 9.62 Å². The Morgan fingerprint density at radius 3 is 2.55 bits per heavy atom. The number of amides is 1. The highest BCUT2D eigenvalue weighted by Crippen LogP contribution is 2.32. The molecule has 2 rings (SSSR count). The molecule has 1 aliphatic rings. The van der Waals surface area contributed by atoms with Crippen molar-refractivity contribution in [1.29, 1.82) is 0 Å². The lowest BCUT2D eigenvalue weighted by Gasteiger charge is -2.20. The normalized spacial score (nSPS) is 19.7. The van der Waals surface area contributed by atoms with Crippen LogP contribution in [0, 0.1) is 0 Å². The number of carbonyl (C=O) groups excluding carboxylic acids is 1. The second kappa shape index (κ2) is 5.88. The maximum atomic E-state index is 12.9. The molecule has 1 aromatic rings. The number of halogens is 3. The van der Waals surface area contributed by atoms with Gasteiger partial charge in [-0.3, -0.25) is 4.79 Å². The van der Waals surface area contributed by atoms with Gasteiger partial charge in [0.25, 0.3) is 0 Å². The zero-order valence-electron chi connectivity index (χ0n) is 11.7. The van der Waals surface area contributed by atoms with Crippen molar-refractivity contribution in [3.63, 3.8) is 0 Å². The van der Waals surface area contributed by atoms with Gasteiger partial charge >= 0.3 is 6.18 Å². The minimum Gasteiger partial charge on any atom is -0.337 e. The van der Waals surface area contributed by atoms with Gasteiger partial charge in [-0.1, -0.05) is 18.2 Å². The summed E-state index contributed by atoms with van der Waals surface area (Å²) in [5.74, 6) is -0.377. The number of hydrogen-bond donors (Lipinski definition) is 1. The van der Waals surface area contributed by atoms with Crippen LogP contribution in [-0.4, -0.2) is 38.1 Å². The molecule has 1 aliphatic heterocycles. The molecule has 1 unspecified atom stereocenters. The van der Waals surface area contributed by atoms with Crippen LogP contribution in [0.2, 0.25) is 0 Å². The van der Waals surface area contributed by atoms with Gasteiger partial charge in [-0.2, -0.15) is 13.2 Å². The topological polar surface area (TPSA) is 66.5 Å². The highest BCUT2D eigenvalue weighted by atomic mass is 32.2. The Hall–Kier alpha value is -1.61. The van der Waals surface area contributed by atoms with Gasteiger partial charge in [0.1, 0.15) is 0 Å². The van der Waals surface area contributed by atoms with Crippen molar-refractivity contribution < 1.29 is 26.4 Å². The number of benzene rings is 1. The molecule has 1 atom stereocenters. The Labute approximate surface area is 126 Å². The van der Waals surface area contributed by atoms with Gasteiger partial charge in [0, 0.05) is 25.6 Å². The molecule has 1 heterocycles. The Morgan fingerprint density at radius 2 is 1.95 bits per heavy atom. The molecule has 9 heteroatoms. The number of likely N-dealkylation sites (tertiary alicyclic amines) is 1. The second-order valence-electron chi connectivity index (χ2n) is 5.22. The molecular formula is C13H15F3N2O3S. The molecule has 0 saturated carbocycles. The van der Waals surface area contributed by atoms with E-state index >= 15 is 0 Å². The number of nitrogens with one attached hydrogen (secondary N) is 1. The predicted octanol–water partition coefficient (Wildman–Crippen LogP) is 1.36. The first-order valence-electron chi connectivity index (χ1n) is 6.46. The maximum absolute atomic E-state index is 12.9. The monoisotopic (exact) mass is 336 g/mol. The lowest BCUT2D eigenvalue weighted by Crippen LogP contribution is -2.36. The van der Waals surface area contributed by atoms with E-state index in [1.807, 2.05) is 0 Å². The summed E-state index contributed by atoms with van der Waals surface area (Å²) in [4.78, 5) is 13.1. The Morgan fingerprint density at radius 1 is 1.32 bits per heavy atom. The summed E-state index contributed by atoms with van der Waals surface area (Å²) in [6.07, 6.45) is -3.58. The Balaban J connectivity index is 2.14. The van der Waals surface area contributed by atoms with Crippen molar-refractivity contribution >= 4 is 15.9 Å². The first-order valence-corrected chi connectivity index (χ1v) is 8.35. The van der Waals surface area contributed by atoms with E-state index in [9.17, 15) is 26.4 Å². The Kier molecular flexibility index (Phi) is 4.48. The van der Waals surface area contributed by atoms with Crippen LogP contribution in [0.3, 0.4) is 0 Å². The van der Waals surface area contributed by atoms with E-state index < -0.39 is 27.8 Å². The number of alkyl halides is 3. The van der Waals surface area contributed by atoms with Gasteiger partial charge in [0.05, 0.1) is 11.8 Å². The fourth-order valence-electron chi connectivity index (χ4n) is 2.45. The summed E-state index contributed by atoms with van der Waals surface area (Å²) in [5.41, 5.74) is -0.800. The van der Waals surface area contributed by atoms with E-state index in [4.69, 9.17) is 0 Å². The summed E-state index contributed by atoms with van der Waals surface area (Å²) in [6.45, 7) is -0.144. The van der Waals surface area contributed by atoms with Crippen LogP contribution in [0.1, 0.15) is 17.5 Å². The summed E-state index contributed by atoms with van der Waals surface area (Å²) in [7, 11) is -3.47. The first-order chi connectivity index (χ1) is 10.1. The molecule has 1 fully saturated rings. The van der Waals surface area contributed by atoms with E-state index in [1.165, 1.54) is 23.1 Å². The van der Waals surface area contributed by atoms with Gasteiger partial charge in [-0.05, 0) is 11.6 Å². The third-order valence-corrected chi connectivity index (χ3v) is 4.04. The van der Waals surface area contributed by atoms with Crippen molar-refractivity contribution in [3.8, 4) is 0 Å². The standard InChI is InChI=1S/C13H15F3N2O3S/c1-22(20,21)17-10-6-12(19)18(8-10)7-9-4-2-3-5-11(9)13(14,15)16/h2-5,10,17H,6-8H2,1H3. The van der Waals surface area contributed by atoms with Crippen LogP contribution in [0.15, 0.2) is 24.3 Å². The van der Waals surface area contributed by atoms with Crippen molar-refractivity contribution in [2.24, 2.45) is 0 Å². The predicted molar refractivity (Wildman–Crippen MR) is 73.2 cm³/mol. The fraction of sp³-hybridized carbons (Fsp3) is 0.462. The van der Waals surface area contributed by atoms with Crippen LogP contribution in [-0.2, 0) is 27.5 Å². The molecule has 1 saturated heterocycles. The summed E-state index contributed by atoms with van der Waals surface area (Å²) in [6, 6.07) is 4.42. The Bertz CT molecular complexity index is 673. The van der Waals surface area contributed by atoms with Crippen LogP contribution in [0.25, 0.3) is 0 Å². The largest absolute Gasteiger partial charge is 0.416 e. The molecule has 0 radical (unpaired) electrons. The number of hydrogen-bond acceptors (Lipinski definition) is 3. The molecule has 0 aromatic heterocycles. The van der Waals surface area contributed by atoms with Crippen LogP contribution in [0.4, 0.5) is 13.2 Å². The molecule has 22 heavy (non-hydrogen) atoms. The lowest BCUT2D eigenvalue weighted by atomic mass is 10.1. The van der Waals surface area contributed by atoms with Crippen molar-refractivity contribution in [2.75, 3.05) is 12.8 Å². The summed E-state index contributed by atoms with van der Waals surface area (Å²) in [5, 5.41) is 0. The molecule has 0 aliphatic carbocycles. The molecule has 1 aromatic carbocycles. The zero-order valence-corrected chi connectivity index (χ0v) is 12.5. The second-order valence-corrected chi connectivity index (χ2v) is 7.00. The number of nitrogens with zero attached hydrogens (tertiary/aromatic N) is 1. The lowest BCUT2D eigenvalue weighted by molar-refractivity contribution is -0.139. The van der Waals surface area contributed by atoms with Crippen LogP contribution >= 0.6 is 0 Å². The summed E-state index contributed by atoms with van der Waals surface area (Å²) >= 11 is 0. The third-order valence-electron chi connectivity index (χ3n) is 3.28. The van der Waals surface area contributed by atoms with Gasteiger partial charge in [0.15, 0.2) is 0 Å². The van der Waals surface area contributed by atoms with Gasteiger partial charge in [-0.25, -0.2) is 13.1 Å². The minimum absolute atomic E-state index is 0.0108. The molecule has 1 N–H and O–H groups in total. The number of rotatable bonds is 4. The summed E-state index contributed by atoms with van der Waals surface area (Å²) < 4.78 is 63.4. The molecule has 0 bridgehead atoms. The third kappa shape index (κ3) is 4.20. The van der Waals surface area contributed by atoms with Crippen LogP contribution in [0.5, 0.6) is 0 Å². The average Bonchev–Trinajstić information content (AvgIpc) is 2.66. The van der Waals surface area contributed by atoms with E-state index in [2.05, 4.69) is 4.72 Å². The average molecular weight is 336 g/mol. The fourth-order valence-corrected chi connectivity index (χ4v) is 3.21. The maximum Gasteiger partial charge on any atom is 0.416 e. The van der Waals surface area contributed by atoms with Gasteiger partial charge in [-0.15, -0.1) is 0 Å². The molecule has 5 nitrogen and oxygen atoms in total. The van der Waals surface area contributed by atoms with Crippen LogP contribution < -0.4 is 4.72 Å². The molecular weight excluding hydrogens is 321 g/mol. The van der Waals surface area contributed by atoms with Gasteiger partial charge < -0.3 is 4.90 Å². The van der Waals surface area contributed by atoms with Crippen molar-refractivity contribution in [2.45, 2.75) is 25.2 Å². The van der Waals surface area contributed by atoms with E-state index in [1.54, 1.807) is 0 Å². The minimum atomic E-state index is -4.50. The SMILES string of the molecule is CS(=O)(=O)NC1CC(=O)N(Cc2ccccc2C(F)(F)F)C1. The number of carbonyl (C=O) groups is 1. The molecule has 0 spiro atoms. The molecule has 1 amide bonds. The van der Waals surface area contributed by atoms with E-state index in [0.717, 1.165) is 12.3 Å². The zero-order chi connectivity index (χ0) is 16.5. The highest BCUT2D eigenvalue weighted by Gasteiger charge is 2.36. The number of sulfonamides is 1. The highest BCUT2D eigenvalue weighted by molar-refractivity contribution is 7.88. The molecule has 122 valence electrons.